The predicted octanol–water partition coefficient (Wildman–Crippen LogP) is 2.36. The Balaban J connectivity index is 1.97. The molecule has 3 rings (SSSR count). The van der Waals surface area contributed by atoms with E-state index in [2.05, 4.69) is 10.3 Å². The molecule has 1 N–H and O–H groups in total. The second kappa shape index (κ2) is 3.90. The molecule has 0 radical (unpaired) electrons. The van der Waals surface area contributed by atoms with Gasteiger partial charge in [-0.2, -0.15) is 0 Å². The monoisotopic (exact) mass is 226 g/mol. The summed E-state index contributed by atoms with van der Waals surface area (Å²) in [6.07, 6.45) is 2.90. The summed E-state index contributed by atoms with van der Waals surface area (Å²) in [5, 5.41) is 3.16. The molecule has 0 aliphatic carbocycles. The molecule has 4 nitrogen and oxygen atoms in total. The van der Waals surface area contributed by atoms with Crippen molar-refractivity contribution in [3.05, 3.63) is 59.9 Å². The molecule has 0 saturated heterocycles. The highest BCUT2D eigenvalue weighted by Crippen LogP contribution is 2.29. The van der Waals surface area contributed by atoms with Gasteiger partial charge in [0.1, 0.15) is 0 Å². The molecule has 0 spiro atoms. The van der Waals surface area contributed by atoms with Crippen LogP contribution in [-0.4, -0.2) is 11.0 Å². The van der Waals surface area contributed by atoms with E-state index in [1.54, 1.807) is 18.5 Å². The molecule has 0 fully saturated rings. The molecule has 0 unspecified atom stereocenters. The van der Waals surface area contributed by atoms with E-state index in [1.165, 1.54) is 0 Å². The fourth-order valence-corrected chi connectivity index (χ4v) is 1.81. The van der Waals surface area contributed by atoms with Gasteiger partial charge in [0.2, 0.25) is 6.23 Å². The zero-order chi connectivity index (χ0) is 11.7. The smallest absolute Gasteiger partial charge is 0.342 e. The number of nitrogens with one attached hydrogen (secondary N) is 1. The van der Waals surface area contributed by atoms with Crippen molar-refractivity contribution in [3.8, 4) is 0 Å². The van der Waals surface area contributed by atoms with Crippen molar-refractivity contribution in [2.45, 2.75) is 6.23 Å². The quantitative estimate of drug-likeness (QED) is 0.758. The fraction of sp³-hybridized carbons (Fsp3) is 0.0769. The van der Waals surface area contributed by atoms with Crippen molar-refractivity contribution in [2.24, 2.45) is 0 Å². The van der Waals surface area contributed by atoms with Crippen molar-refractivity contribution >= 4 is 11.7 Å². The molecular formula is C13H10N2O2. The third-order valence-electron chi connectivity index (χ3n) is 2.65. The van der Waals surface area contributed by atoms with Crippen LogP contribution in [0, 0.1) is 0 Å². The lowest BCUT2D eigenvalue weighted by Crippen LogP contribution is -2.25. The van der Waals surface area contributed by atoms with Crippen LogP contribution in [0.4, 0.5) is 5.69 Å². The number of cyclic esters (lactones) is 1. The predicted molar refractivity (Wildman–Crippen MR) is 62.5 cm³/mol. The Morgan fingerprint density at radius 1 is 1.18 bits per heavy atom. The van der Waals surface area contributed by atoms with Crippen LogP contribution < -0.4 is 5.32 Å². The Hall–Kier alpha value is -2.36. The highest BCUT2D eigenvalue weighted by atomic mass is 16.6. The topological polar surface area (TPSA) is 51.2 Å². The molecule has 1 aromatic heterocycles. The number of hydrogen-bond donors (Lipinski definition) is 1. The molecule has 0 amide bonds. The van der Waals surface area contributed by atoms with Gasteiger partial charge >= 0.3 is 5.97 Å². The summed E-state index contributed by atoms with van der Waals surface area (Å²) in [5.74, 6) is -0.312. The number of pyridine rings is 1. The molecule has 0 bridgehead atoms. The lowest BCUT2D eigenvalue weighted by molar-refractivity contribution is 0.0330. The number of anilines is 1. The zero-order valence-corrected chi connectivity index (χ0v) is 8.96. The number of rotatable bonds is 1. The minimum absolute atomic E-state index is 0.312. The largest absolute Gasteiger partial charge is 0.434 e. The first-order valence-electron chi connectivity index (χ1n) is 5.31. The number of nitrogens with zero attached hydrogens (tertiary/aromatic N) is 1. The molecular weight excluding hydrogens is 216 g/mol. The summed E-state index contributed by atoms with van der Waals surface area (Å²) in [6, 6.07) is 11.0. The number of benzene rings is 1. The second-order valence-electron chi connectivity index (χ2n) is 3.76. The summed E-state index contributed by atoms with van der Waals surface area (Å²) in [5.41, 5.74) is 2.18. The van der Waals surface area contributed by atoms with Gasteiger partial charge in [-0.3, -0.25) is 4.98 Å². The van der Waals surface area contributed by atoms with Gasteiger partial charge in [0.15, 0.2) is 0 Å². The number of carbonyl (C=O) groups is 1. The third kappa shape index (κ3) is 1.73. The molecule has 17 heavy (non-hydrogen) atoms. The zero-order valence-electron chi connectivity index (χ0n) is 8.96. The number of para-hydroxylation sites is 1. The summed E-state index contributed by atoms with van der Waals surface area (Å²) in [7, 11) is 0. The first-order valence-corrected chi connectivity index (χ1v) is 5.31. The number of hydrogen-bond acceptors (Lipinski definition) is 4. The van der Waals surface area contributed by atoms with Crippen molar-refractivity contribution in [3.63, 3.8) is 0 Å². The minimum Gasteiger partial charge on any atom is -0.434 e. The number of fused-ring (bicyclic) bond motifs is 1. The maximum Gasteiger partial charge on any atom is 0.342 e. The van der Waals surface area contributed by atoms with Crippen LogP contribution >= 0.6 is 0 Å². The van der Waals surface area contributed by atoms with Crippen LogP contribution in [0.1, 0.15) is 22.1 Å². The Morgan fingerprint density at radius 3 is 2.88 bits per heavy atom. The minimum atomic E-state index is -0.467. The van der Waals surface area contributed by atoms with E-state index < -0.39 is 6.23 Å². The van der Waals surface area contributed by atoms with E-state index in [4.69, 9.17) is 4.74 Å². The molecule has 1 aromatic carbocycles. The highest BCUT2D eigenvalue weighted by Gasteiger charge is 2.26. The van der Waals surface area contributed by atoms with Gasteiger partial charge in [0.05, 0.1) is 11.3 Å². The summed E-state index contributed by atoms with van der Waals surface area (Å²) in [6.45, 7) is 0. The average molecular weight is 226 g/mol. The Morgan fingerprint density at radius 2 is 2.06 bits per heavy atom. The van der Waals surface area contributed by atoms with E-state index in [-0.39, 0.29) is 5.97 Å². The molecule has 1 aliphatic heterocycles. The fourth-order valence-electron chi connectivity index (χ4n) is 1.81. The summed E-state index contributed by atoms with van der Waals surface area (Å²) < 4.78 is 5.31. The molecule has 2 heterocycles. The first kappa shape index (κ1) is 9.84. The van der Waals surface area contributed by atoms with Crippen LogP contribution in [0.15, 0.2) is 48.8 Å². The maximum absolute atomic E-state index is 11.8. The van der Waals surface area contributed by atoms with Gasteiger partial charge in [0.25, 0.3) is 0 Å². The molecule has 4 heteroatoms. The van der Waals surface area contributed by atoms with E-state index in [1.807, 2.05) is 30.3 Å². The summed E-state index contributed by atoms with van der Waals surface area (Å²) >= 11 is 0. The number of ether oxygens (including phenoxy) is 1. The molecule has 84 valence electrons. The Bertz CT molecular complexity index is 554. The second-order valence-corrected chi connectivity index (χ2v) is 3.76. The molecule has 0 saturated carbocycles. The van der Waals surface area contributed by atoms with Crippen LogP contribution in [-0.2, 0) is 4.74 Å². The highest BCUT2D eigenvalue weighted by molar-refractivity contribution is 5.97. The van der Waals surface area contributed by atoms with Gasteiger partial charge in [-0.25, -0.2) is 4.79 Å². The normalized spacial score (nSPS) is 17.9. The van der Waals surface area contributed by atoms with Crippen molar-refractivity contribution in [1.29, 1.82) is 0 Å². The average Bonchev–Trinajstić information content (AvgIpc) is 2.40. The van der Waals surface area contributed by atoms with E-state index >= 15 is 0 Å². The maximum atomic E-state index is 11.8. The number of carbonyl (C=O) groups excluding carboxylic acids is 1. The first-order chi connectivity index (χ1) is 8.34. The van der Waals surface area contributed by atoms with Gasteiger partial charge in [-0.05, 0) is 18.2 Å². The van der Waals surface area contributed by atoms with Crippen LogP contribution in [0.3, 0.4) is 0 Å². The lowest BCUT2D eigenvalue weighted by atomic mass is 10.1. The van der Waals surface area contributed by atoms with E-state index in [0.717, 1.165) is 11.3 Å². The van der Waals surface area contributed by atoms with Gasteiger partial charge in [-0.15, -0.1) is 0 Å². The Kier molecular flexibility index (Phi) is 2.26. The number of esters is 1. The lowest BCUT2D eigenvalue weighted by Gasteiger charge is -2.26. The van der Waals surface area contributed by atoms with Crippen LogP contribution in [0.5, 0.6) is 0 Å². The van der Waals surface area contributed by atoms with Crippen molar-refractivity contribution < 1.29 is 9.53 Å². The molecule has 1 aliphatic rings. The molecule has 2 aromatic rings. The van der Waals surface area contributed by atoms with Gasteiger partial charge < -0.3 is 10.1 Å². The van der Waals surface area contributed by atoms with Crippen molar-refractivity contribution in [2.75, 3.05) is 5.32 Å². The van der Waals surface area contributed by atoms with Crippen LogP contribution in [0.25, 0.3) is 0 Å². The van der Waals surface area contributed by atoms with Crippen LogP contribution in [0.2, 0.25) is 0 Å². The number of aromatic nitrogens is 1. The van der Waals surface area contributed by atoms with Gasteiger partial charge in [-0.1, -0.05) is 18.2 Å². The van der Waals surface area contributed by atoms with E-state index in [0.29, 0.717) is 5.56 Å². The third-order valence-corrected chi connectivity index (χ3v) is 2.65. The van der Waals surface area contributed by atoms with E-state index in [9.17, 15) is 4.79 Å². The van der Waals surface area contributed by atoms with Crippen molar-refractivity contribution in [1.82, 2.24) is 4.98 Å². The van der Waals surface area contributed by atoms with Gasteiger partial charge in [0, 0.05) is 18.0 Å². The SMILES string of the molecule is O=C1O[C@H](c2cccnc2)Nc2ccccc21. The Labute approximate surface area is 98.3 Å². The summed E-state index contributed by atoms with van der Waals surface area (Å²) in [4.78, 5) is 15.8. The molecule has 1 atom stereocenters. The standard InChI is InChI=1S/C13H10N2O2/c16-13-10-5-1-2-6-11(10)15-12(17-13)9-4-3-7-14-8-9/h1-8,12,15H/t12-/m1/s1.